The maximum absolute atomic E-state index is 13.1. The number of alkyl halides is 2. The van der Waals surface area contributed by atoms with Crippen LogP contribution >= 0.6 is 27.5 Å². The van der Waals surface area contributed by atoms with Gasteiger partial charge in [-0.2, -0.15) is 8.78 Å². The first-order chi connectivity index (χ1) is 15.0. The van der Waals surface area contributed by atoms with Crippen LogP contribution in [0.2, 0.25) is 5.02 Å². The summed E-state index contributed by atoms with van der Waals surface area (Å²) in [5, 5.41) is 3.80. The molecule has 31 heavy (non-hydrogen) atoms. The Morgan fingerprint density at radius 2 is 1.90 bits per heavy atom. The molecule has 5 rings (SSSR count). The third kappa shape index (κ3) is 3.79. The number of halogens is 4. The standard InChI is InChI=1S/C23H15BrClF2N3O/c24-14-5-3-4-13(10-14)18-12-20(16-11-15(25)8-9-21(16)31-22(26)27)30-19-7-2-1-6-17(19)28-23(30)29-18/h1-12,20,22H,(H,28,29)/t20-/m0/s1. The van der Waals surface area contributed by atoms with Gasteiger partial charge in [-0.3, -0.25) is 4.57 Å². The lowest BCUT2D eigenvalue weighted by atomic mass is 10.00. The lowest BCUT2D eigenvalue weighted by Gasteiger charge is -2.28. The van der Waals surface area contributed by atoms with Crippen molar-refractivity contribution in [3.8, 4) is 5.75 Å². The highest BCUT2D eigenvalue weighted by atomic mass is 79.9. The second-order valence-electron chi connectivity index (χ2n) is 7.02. The van der Waals surface area contributed by atoms with E-state index in [0.717, 1.165) is 26.8 Å². The molecule has 0 spiro atoms. The van der Waals surface area contributed by atoms with E-state index >= 15 is 0 Å². The summed E-state index contributed by atoms with van der Waals surface area (Å²) in [6, 6.07) is 19.7. The van der Waals surface area contributed by atoms with Gasteiger partial charge in [0.25, 0.3) is 0 Å². The molecule has 0 fully saturated rings. The van der Waals surface area contributed by atoms with Crippen LogP contribution in [-0.4, -0.2) is 16.2 Å². The van der Waals surface area contributed by atoms with Crippen molar-refractivity contribution in [3.05, 3.63) is 93.4 Å². The van der Waals surface area contributed by atoms with Crippen LogP contribution in [0.4, 0.5) is 14.7 Å². The van der Waals surface area contributed by atoms with Gasteiger partial charge in [-0.05, 0) is 54.1 Å². The Kier molecular flexibility index (Phi) is 5.16. The van der Waals surface area contributed by atoms with E-state index in [1.165, 1.54) is 12.1 Å². The van der Waals surface area contributed by atoms with Crippen molar-refractivity contribution >= 4 is 50.2 Å². The highest BCUT2D eigenvalue weighted by molar-refractivity contribution is 9.10. The average Bonchev–Trinajstić information content (AvgIpc) is 3.12. The summed E-state index contributed by atoms with van der Waals surface area (Å²) in [6.45, 7) is -2.95. The molecule has 156 valence electrons. The Balaban J connectivity index is 1.75. The maximum Gasteiger partial charge on any atom is 0.387 e. The molecule has 1 aromatic heterocycles. The van der Waals surface area contributed by atoms with E-state index in [2.05, 4.69) is 21.2 Å². The van der Waals surface area contributed by atoms with Crippen molar-refractivity contribution < 1.29 is 13.5 Å². The summed E-state index contributed by atoms with van der Waals surface area (Å²) in [5.74, 6) is 0.673. The van der Waals surface area contributed by atoms with Gasteiger partial charge >= 0.3 is 6.61 Å². The first kappa shape index (κ1) is 20.0. The molecule has 2 heterocycles. The first-order valence-electron chi connectivity index (χ1n) is 9.45. The lowest BCUT2D eigenvalue weighted by molar-refractivity contribution is -0.0505. The molecule has 4 aromatic rings. The second-order valence-corrected chi connectivity index (χ2v) is 8.37. The Morgan fingerprint density at radius 1 is 1.06 bits per heavy atom. The molecule has 0 radical (unpaired) electrons. The minimum atomic E-state index is -2.95. The predicted molar refractivity (Wildman–Crippen MR) is 122 cm³/mol. The van der Waals surface area contributed by atoms with Gasteiger partial charge in [-0.25, -0.2) is 4.98 Å². The fourth-order valence-corrected chi connectivity index (χ4v) is 4.40. The fourth-order valence-electron chi connectivity index (χ4n) is 3.82. The monoisotopic (exact) mass is 501 g/mol. The van der Waals surface area contributed by atoms with E-state index in [9.17, 15) is 8.78 Å². The first-order valence-corrected chi connectivity index (χ1v) is 10.6. The highest BCUT2D eigenvalue weighted by Crippen LogP contribution is 2.41. The van der Waals surface area contributed by atoms with Crippen molar-refractivity contribution in [2.24, 2.45) is 0 Å². The summed E-state index contributed by atoms with van der Waals surface area (Å²) in [4.78, 5) is 4.72. The molecule has 1 aliphatic rings. The van der Waals surface area contributed by atoms with Crippen LogP contribution in [0, 0.1) is 0 Å². The molecule has 1 N–H and O–H groups in total. The predicted octanol–water partition coefficient (Wildman–Crippen LogP) is 7.11. The van der Waals surface area contributed by atoms with E-state index < -0.39 is 12.7 Å². The Bertz CT molecular complexity index is 1320. The number of fused-ring (bicyclic) bond motifs is 3. The maximum atomic E-state index is 13.1. The van der Waals surface area contributed by atoms with Crippen molar-refractivity contribution in [1.29, 1.82) is 0 Å². The number of aromatic nitrogens is 2. The molecule has 0 bridgehead atoms. The van der Waals surface area contributed by atoms with E-state index in [1.54, 1.807) is 6.07 Å². The Morgan fingerprint density at radius 3 is 2.71 bits per heavy atom. The van der Waals surface area contributed by atoms with E-state index in [4.69, 9.17) is 21.3 Å². The molecule has 1 atom stereocenters. The minimum absolute atomic E-state index is 0.0693. The minimum Gasteiger partial charge on any atom is -0.434 e. The van der Waals surface area contributed by atoms with Crippen LogP contribution in [0.25, 0.3) is 16.7 Å². The van der Waals surface area contributed by atoms with E-state index in [0.29, 0.717) is 16.5 Å². The Hall–Kier alpha value is -2.90. The SMILES string of the molecule is FC(F)Oc1ccc(Cl)cc1[C@@H]1C=C(c2cccc(Br)c2)Nc2nc3ccccc3n21. The highest BCUT2D eigenvalue weighted by Gasteiger charge is 2.28. The summed E-state index contributed by atoms with van der Waals surface area (Å²) < 4.78 is 34.0. The number of ether oxygens (including phenoxy) is 1. The fraction of sp³-hybridized carbons (Fsp3) is 0.0870. The smallest absolute Gasteiger partial charge is 0.387 e. The van der Waals surface area contributed by atoms with Crippen LogP contribution in [0.5, 0.6) is 5.75 Å². The molecule has 0 saturated carbocycles. The molecular formula is C23H15BrClF2N3O. The second kappa shape index (κ2) is 7.98. The summed E-state index contributed by atoms with van der Waals surface area (Å²) >= 11 is 9.76. The number of rotatable bonds is 4. The zero-order valence-electron chi connectivity index (χ0n) is 15.9. The third-order valence-corrected chi connectivity index (χ3v) is 5.82. The van der Waals surface area contributed by atoms with Gasteiger partial charge in [0, 0.05) is 20.8 Å². The molecule has 0 aliphatic carbocycles. The number of imidazole rings is 1. The zero-order valence-corrected chi connectivity index (χ0v) is 18.2. The molecule has 3 aromatic carbocycles. The van der Waals surface area contributed by atoms with Crippen molar-refractivity contribution in [2.45, 2.75) is 12.7 Å². The molecule has 4 nitrogen and oxygen atoms in total. The van der Waals surface area contributed by atoms with Crippen LogP contribution in [-0.2, 0) is 0 Å². The molecule has 0 unspecified atom stereocenters. The zero-order chi connectivity index (χ0) is 21.5. The van der Waals surface area contributed by atoms with Crippen molar-refractivity contribution in [3.63, 3.8) is 0 Å². The van der Waals surface area contributed by atoms with Gasteiger partial charge in [0.1, 0.15) is 5.75 Å². The number of hydrogen-bond acceptors (Lipinski definition) is 3. The van der Waals surface area contributed by atoms with Gasteiger partial charge in [-0.1, -0.05) is 51.8 Å². The third-order valence-electron chi connectivity index (χ3n) is 5.09. The van der Waals surface area contributed by atoms with Crippen LogP contribution < -0.4 is 10.1 Å². The number of para-hydroxylation sites is 2. The van der Waals surface area contributed by atoms with Crippen LogP contribution in [0.3, 0.4) is 0 Å². The molecule has 1 aliphatic heterocycles. The van der Waals surface area contributed by atoms with Gasteiger partial charge in [0.05, 0.1) is 17.1 Å². The Labute approximate surface area is 190 Å². The van der Waals surface area contributed by atoms with Gasteiger partial charge in [0.15, 0.2) is 0 Å². The van der Waals surface area contributed by atoms with Crippen LogP contribution in [0.15, 0.2) is 77.3 Å². The number of nitrogens with zero attached hydrogens (tertiary/aromatic N) is 2. The summed E-state index contributed by atoms with van der Waals surface area (Å²) in [6.07, 6.45) is 1.97. The molecule has 0 saturated heterocycles. The summed E-state index contributed by atoms with van der Waals surface area (Å²) in [7, 11) is 0. The van der Waals surface area contributed by atoms with E-state index in [1.807, 2.05) is 59.2 Å². The van der Waals surface area contributed by atoms with Crippen molar-refractivity contribution in [2.75, 3.05) is 5.32 Å². The quantitative estimate of drug-likeness (QED) is 0.323. The average molecular weight is 503 g/mol. The largest absolute Gasteiger partial charge is 0.434 e. The van der Waals surface area contributed by atoms with Gasteiger partial charge < -0.3 is 10.1 Å². The number of allylic oxidation sites excluding steroid dienone is 1. The van der Waals surface area contributed by atoms with Gasteiger partial charge in [0.2, 0.25) is 5.95 Å². The number of hydrogen-bond donors (Lipinski definition) is 1. The lowest BCUT2D eigenvalue weighted by Crippen LogP contribution is -2.20. The van der Waals surface area contributed by atoms with Crippen molar-refractivity contribution in [1.82, 2.24) is 9.55 Å². The number of anilines is 1. The number of benzene rings is 3. The summed E-state index contributed by atoms with van der Waals surface area (Å²) in [5.41, 5.74) is 3.90. The normalized spacial score (nSPS) is 15.5. The topological polar surface area (TPSA) is 39.1 Å². The van der Waals surface area contributed by atoms with E-state index in [-0.39, 0.29) is 5.75 Å². The van der Waals surface area contributed by atoms with Crippen LogP contribution in [0.1, 0.15) is 17.2 Å². The number of nitrogens with one attached hydrogen (secondary N) is 1. The van der Waals surface area contributed by atoms with Gasteiger partial charge in [-0.15, -0.1) is 0 Å². The molecule has 8 heteroatoms. The molecular weight excluding hydrogens is 488 g/mol. The molecule has 0 amide bonds.